The number of benzene rings is 3. The molecule has 0 bridgehead atoms. The zero-order valence-corrected chi connectivity index (χ0v) is 23.1. The van der Waals surface area contributed by atoms with Crippen molar-refractivity contribution in [3.63, 3.8) is 0 Å². The number of nitrogens with zero attached hydrogens (tertiary/aromatic N) is 3. The number of aliphatic carboxylic acids is 1. The Labute approximate surface area is 235 Å². The Morgan fingerprint density at radius 1 is 1.00 bits per heavy atom. The lowest BCUT2D eigenvalue weighted by atomic mass is 10.2. The number of hydrogen-bond donors (Lipinski definition) is 1. The highest BCUT2D eigenvalue weighted by Crippen LogP contribution is 2.34. The third-order valence-electron chi connectivity index (χ3n) is 5.45. The highest BCUT2D eigenvalue weighted by atomic mass is 35.5. The zero-order chi connectivity index (χ0) is 27.1. The van der Waals surface area contributed by atoms with E-state index in [0.29, 0.717) is 51.2 Å². The molecule has 38 heavy (non-hydrogen) atoms. The van der Waals surface area contributed by atoms with Gasteiger partial charge in [0.1, 0.15) is 11.5 Å². The second-order valence-corrected chi connectivity index (χ2v) is 9.85. The van der Waals surface area contributed by atoms with Crippen molar-refractivity contribution in [2.75, 3.05) is 6.61 Å². The van der Waals surface area contributed by atoms with E-state index >= 15 is 0 Å². The van der Waals surface area contributed by atoms with E-state index in [-0.39, 0.29) is 11.5 Å². The summed E-state index contributed by atoms with van der Waals surface area (Å²) in [6, 6.07) is 20.0. The quantitative estimate of drug-likeness (QED) is 0.148. The maximum atomic E-state index is 12.2. The Morgan fingerprint density at radius 3 is 2.45 bits per heavy atom. The van der Waals surface area contributed by atoms with E-state index in [1.807, 2.05) is 48.7 Å². The van der Waals surface area contributed by atoms with Crippen molar-refractivity contribution in [2.24, 2.45) is 0 Å². The van der Waals surface area contributed by atoms with Crippen LogP contribution in [0, 0.1) is 0 Å². The van der Waals surface area contributed by atoms with Gasteiger partial charge < -0.3 is 19.1 Å². The molecule has 0 aliphatic heterocycles. The van der Waals surface area contributed by atoms with Gasteiger partial charge in [-0.1, -0.05) is 47.5 Å². The number of hydrogen-bond acceptors (Lipinski definition) is 6. The summed E-state index contributed by atoms with van der Waals surface area (Å²) >= 11 is 13.3. The SMILES string of the molecule is CCOc1cc(/C=C(\Sc2nnc(-c3ccc(Cl)cc3)n2CC)C(=O)O)ccc1OCc1ccccc1Cl. The summed E-state index contributed by atoms with van der Waals surface area (Å²) in [5.74, 6) is 0.595. The van der Waals surface area contributed by atoms with E-state index in [1.165, 1.54) is 0 Å². The molecule has 0 saturated heterocycles. The summed E-state index contributed by atoms with van der Waals surface area (Å²) < 4.78 is 13.6. The molecule has 0 amide bonds. The molecule has 10 heteroatoms. The van der Waals surface area contributed by atoms with Gasteiger partial charge in [-0.2, -0.15) is 0 Å². The maximum Gasteiger partial charge on any atom is 0.342 e. The third kappa shape index (κ3) is 6.69. The Bertz CT molecular complexity index is 1450. The first kappa shape index (κ1) is 27.6. The van der Waals surface area contributed by atoms with Crippen LogP contribution < -0.4 is 9.47 Å². The first-order valence-corrected chi connectivity index (χ1v) is 13.4. The lowest BCUT2D eigenvalue weighted by Gasteiger charge is -2.13. The smallest absolute Gasteiger partial charge is 0.342 e. The average molecular weight is 570 g/mol. The normalized spacial score (nSPS) is 11.4. The van der Waals surface area contributed by atoms with Crippen LogP contribution in [0.4, 0.5) is 0 Å². The van der Waals surface area contributed by atoms with Crippen molar-refractivity contribution in [3.05, 3.63) is 92.8 Å². The predicted molar refractivity (Wildman–Crippen MR) is 151 cm³/mol. The minimum atomic E-state index is -1.08. The minimum Gasteiger partial charge on any atom is -0.490 e. The van der Waals surface area contributed by atoms with Gasteiger partial charge in [-0.15, -0.1) is 10.2 Å². The summed E-state index contributed by atoms with van der Waals surface area (Å²) in [4.78, 5) is 12.2. The third-order valence-corrected chi connectivity index (χ3v) is 7.07. The molecule has 0 unspecified atom stereocenters. The Balaban J connectivity index is 1.59. The zero-order valence-electron chi connectivity index (χ0n) is 20.7. The summed E-state index contributed by atoms with van der Waals surface area (Å²) in [5, 5.41) is 20.2. The van der Waals surface area contributed by atoms with E-state index in [9.17, 15) is 9.90 Å². The number of carboxylic acids is 1. The van der Waals surface area contributed by atoms with Gasteiger partial charge in [-0.3, -0.25) is 0 Å². The number of aromatic nitrogens is 3. The topological polar surface area (TPSA) is 86.5 Å². The van der Waals surface area contributed by atoms with E-state index in [2.05, 4.69) is 10.2 Å². The van der Waals surface area contributed by atoms with Gasteiger partial charge in [0.15, 0.2) is 22.5 Å². The first-order valence-electron chi connectivity index (χ1n) is 11.8. The average Bonchev–Trinajstić information content (AvgIpc) is 3.31. The van der Waals surface area contributed by atoms with Crippen molar-refractivity contribution < 1.29 is 19.4 Å². The van der Waals surface area contributed by atoms with Crippen molar-refractivity contribution >= 4 is 47.0 Å². The molecule has 7 nitrogen and oxygen atoms in total. The molecule has 0 aliphatic carbocycles. The molecule has 1 heterocycles. The number of rotatable bonds is 11. The van der Waals surface area contributed by atoms with Crippen LogP contribution in [-0.2, 0) is 17.9 Å². The number of halogens is 2. The van der Waals surface area contributed by atoms with E-state index in [0.717, 1.165) is 22.9 Å². The number of carbonyl (C=O) groups is 1. The van der Waals surface area contributed by atoms with Gasteiger partial charge >= 0.3 is 5.97 Å². The summed E-state index contributed by atoms with van der Waals surface area (Å²) in [6.07, 6.45) is 1.57. The largest absolute Gasteiger partial charge is 0.490 e. The molecular formula is C28H25Cl2N3O4S. The second kappa shape index (κ2) is 12.9. The van der Waals surface area contributed by atoms with E-state index in [4.69, 9.17) is 32.7 Å². The molecule has 4 rings (SSSR count). The molecule has 0 saturated carbocycles. The molecule has 0 aliphatic rings. The van der Waals surface area contributed by atoms with Crippen LogP contribution in [0.3, 0.4) is 0 Å². The van der Waals surface area contributed by atoms with Crippen LogP contribution >= 0.6 is 35.0 Å². The van der Waals surface area contributed by atoms with E-state index < -0.39 is 5.97 Å². The van der Waals surface area contributed by atoms with Crippen molar-refractivity contribution in [1.82, 2.24) is 14.8 Å². The van der Waals surface area contributed by atoms with Crippen molar-refractivity contribution in [1.29, 1.82) is 0 Å². The molecule has 3 aromatic carbocycles. The Kier molecular flexibility index (Phi) is 9.33. The second-order valence-electron chi connectivity index (χ2n) is 7.99. The fraction of sp³-hybridized carbons (Fsp3) is 0.179. The van der Waals surface area contributed by atoms with Gasteiger partial charge in [-0.25, -0.2) is 4.79 Å². The van der Waals surface area contributed by atoms with Crippen molar-refractivity contribution in [3.8, 4) is 22.9 Å². The Hall–Kier alpha value is -3.46. The van der Waals surface area contributed by atoms with Crippen LogP contribution in [0.1, 0.15) is 25.0 Å². The van der Waals surface area contributed by atoms with E-state index in [1.54, 1.807) is 42.5 Å². The van der Waals surface area contributed by atoms with Crippen LogP contribution in [-0.4, -0.2) is 32.4 Å². The highest BCUT2D eigenvalue weighted by molar-refractivity contribution is 8.04. The highest BCUT2D eigenvalue weighted by Gasteiger charge is 2.19. The number of ether oxygens (including phenoxy) is 2. The van der Waals surface area contributed by atoms with Crippen LogP contribution in [0.2, 0.25) is 10.0 Å². The molecule has 0 radical (unpaired) electrons. The fourth-order valence-corrected chi connectivity index (χ4v) is 4.82. The van der Waals surface area contributed by atoms with Crippen molar-refractivity contribution in [2.45, 2.75) is 32.2 Å². The monoisotopic (exact) mass is 569 g/mol. The lowest BCUT2D eigenvalue weighted by molar-refractivity contribution is -0.131. The maximum absolute atomic E-state index is 12.2. The van der Waals surface area contributed by atoms with Crippen LogP contribution in [0.25, 0.3) is 17.5 Å². The standard InChI is InChI=1S/C28H25Cl2N3O4S/c1-3-33-26(19-10-12-21(29)13-11-19)31-32-28(33)38-25(27(34)35)16-18-9-14-23(24(15-18)36-4-2)37-17-20-7-5-6-8-22(20)30/h5-16H,3-4,17H2,1-2H3,(H,34,35)/b25-16-. The van der Waals surface area contributed by atoms with Crippen LogP contribution in [0.15, 0.2) is 76.8 Å². The summed E-state index contributed by atoms with van der Waals surface area (Å²) in [5.41, 5.74) is 2.33. The molecular weight excluding hydrogens is 545 g/mol. The predicted octanol–water partition coefficient (Wildman–Crippen LogP) is 7.47. The lowest BCUT2D eigenvalue weighted by Crippen LogP contribution is -2.03. The molecule has 0 spiro atoms. The van der Waals surface area contributed by atoms with Gasteiger partial charge in [0.2, 0.25) is 0 Å². The Morgan fingerprint density at radius 2 is 1.76 bits per heavy atom. The molecule has 0 atom stereocenters. The fourth-order valence-electron chi connectivity index (χ4n) is 3.62. The molecule has 4 aromatic rings. The summed E-state index contributed by atoms with van der Waals surface area (Å²) in [6.45, 7) is 5.07. The van der Waals surface area contributed by atoms with Crippen LogP contribution in [0.5, 0.6) is 11.5 Å². The van der Waals surface area contributed by atoms with Gasteiger partial charge in [0, 0.05) is 27.7 Å². The minimum absolute atomic E-state index is 0.0851. The number of carboxylic acid groups (broad SMARTS) is 1. The number of thioether (sulfide) groups is 1. The molecule has 196 valence electrons. The molecule has 0 fully saturated rings. The molecule has 1 N–H and O–H groups in total. The van der Waals surface area contributed by atoms with Gasteiger partial charge in [-0.05, 0) is 79.7 Å². The first-order chi connectivity index (χ1) is 18.4. The van der Waals surface area contributed by atoms with Gasteiger partial charge in [0.25, 0.3) is 0 Å². The summed E-state index contributed by atoms with van der Waals surface area (Å²) in [7, 11) is 0. The molecule has 1 aromatic heterocycles. The van der Waals surface area contributed by atoms with Gasteiger partial charge in [0.05, 0.1) is 6.61 Å².